The van der Waals surface area contributed by atoms with E-state index in [0.29, 0.717) is 6.61 Å². The van der Waals surface area contributed by atoms with Crippen molar-refractivity contribution in [3.8, 4) is 11.3 Å². The van der Waals surface area contributed by atoms with Crippen LogP contribution in [0.5, 0.6) is 0 Å². The van der Waals surface area contributed by atoms with Crippen molar-refractivity contribution in [2.24, 2.45) is 10.3 Å². The first kappa shape index (κ1) is 20.3. The summed E-state index contributed by atoms with van der Waals surface area (Å²) >= 11 is 0. The fourth-order valence-corrected chi connectivity index (χ4v) is 3.07. The van der Waals surface area contributed by atoms with Crippen LogP contribution in [0.3, 0.4) is 0 Å². The maximum atomic E-state index is 5.69. The lowest BCUT2D eigenvalue weighted by molar-refractivity contribution is 0.130. The molecule has 0 atom stereocenters. The predicted octanol–water partition coefficient (Wildman–Crippen LogP) is 5.27. The first-order valence-electron chi connectivity index (χ1n) is 9.37. The van der Waals surface area contributed by atoms with Crippen molar-refractivity contribution in [1.82, 2.24) is 5.16 Å². The van der Waals surface area contributed by atoms with Gasteiger partial charge in [0.25, 0.3) is 0 Å². The molecule has 0 amide bonds. The van der Waals surface area contributed by atoms with Gasteiger partial charge in [-0.1, -0.05) is 51.9 Å². The number of nitrogens with zero attached hydrogens (tertiary/aromatic N) is 3. The van der Waals surface area contributed by atoms with Crippen LogP contribution in [-0.2, 0) is 16.3 Å². The Kier molecular flexibility index (Phi) is 6.44. The number of aryl methyl sites for hydroxylation is 2. The molecular formula is C23H25N3O3. The average molecular weight is 391 g/mol. The van der Waals surface area contributed by atoms with Gasteiger partial charge in [0.1, 0.15) is 25.2 Å². The van der Waals surface area contributed by atoms with Crippen molar-refractivity contribution in [3.05, 3.63) is 76.5 Å². The molecule has 29 heavy (non-hydrogen) atoms. The van der Waals surface area contributed by atoms with E-state index >= 15 is 0 Å². The van der Waals surface area contributed by atoms with Crippen LogP contribution in [0, 0.1) is 13.8 Å². The van der Waals surface area contributed by atoms with E-state index in [1.165, 1.54) is 7.11 Å². The van der Waals surface area contributed by atoms with E-state index in [0.717, 1.165) is 50.7 Å². The van der Waals surface area contributed by atoms with Gasteiger partial charge in [0.05, 0.1) is 11.4 Å². The SMILES string of the molecule is CO/N=C(/C)c1cccc(C)c1CO/N=C(\C)c1cccc(-c2cc(C)on2)c1. The molecule has 0 N–H and O–H groups in total. The Balaban J connectivity index is 1.77. The van der Waals surface area contributed by atoms with Crippen LogP contribution in [0.1, 0.15) is 41.9 Å². The first-order valence-corrected chi connectivity index (χ1v) is 9.37. The molecule has 0 radical (unpaired) electrons. The molecule has 1 heterocycles. The number of oxime groups is 2. The quantitative estimate of drug-likeness (QED) is 0.406. The topological polar surface area (TPSA) is 69.2 Å². The van der Waals surface area contributed by atoms with Crippen LogP contribution in [0.15, 0.2) is 63.4 Å². The molecule has 0 spiro atoms. The second-order valence-electron chi connectivity index (χ2n) is 6.81. The summed E-state index contributed by atoms with van der Waals surface area (Å²) in [6.07, 6.45) is 0. The predicted molar refractivity (Wildman–Crippen MR) is 114 cm³/mol. The summed E-state index contributed by atoms with van der Waals surface area (Å²) in [7, 11) is 1.54. The Morgan fingerprint density at radius 3 is 2.52 bits per heavy atom. The maximum Gasteiger partial charge on any atom is 0.143 e. The van der Waals surface area contributed by atoms with E-state index in [2.05, 4.69) is 15.5 Å². The summed E-state index contributed by atoms with van der Waals surface area (Å²) in [6.45, 7) is 8.09. The first-order chi connectivity index (χ1) is 14.0. The largest absolute Gasteiger partial charge is 0.399 e. The highest BCUT2D eigenvalue weighted by atomic mass is 16.6. The van der Waals surface area contributed by atoms with Crippen LogP contribution in [0.4, 0.5) is 0 Å². The van der Waals surface area contributed by atoms with Crippen molar-refractivity contribution in [1.29, 1.82) is 0 Å². The molecule has 150 valence electrons. The van der Waals surface area contributed by atoms with Crippen molar-refractivity contribution in [2.45, 2.75) is 34.3 Å². The molecule has 3 aromatic rings. The molecule has 0 fully saturated rings. The molecule has 0 aliphatic heterocycles. The molecule has 0 unspecified atom stereocenters. The number of hydrogen-bond donors (Lipinski definition) is 0. The van der Waals surface area contributed by atoms with Gasteiger partial charge in [-0.2, -0.15) is 0 Å². The highest BCUT2D eigenvalue weighted by Crippen LogP contribution is 2.21. The lowest BCUT2D eigenvalue weighted by Crippen LogP contribution is -2.05. The Bertz CT molecular complexity index is 1050. The summed E-state index contributed by atoms with van der Waals surface area (Å²) in [5.41, 5.74) is 7.46. The lowest BCUT2D eigenvalue weighted by atomic mass is 10.00. The maximum absolute atomic E-state index is 5.69. The van der Waals surface area contributed by atoms with Gasteiger partial charge in [0.2, 0.25) is 0 Å². The third kappa shape index (κ3) is 4.90. The fourth-order valence-electron chi connectivity index (χ4n) is 3.07. The second kappa shape index (κ2) is 9.19. The van der Waals surface area contributed by atoms with Gasteiger partial charge in [0.15, 0.2) is 0 Å². The van der Waals surface area contributed by atoms with Gasteiger partial charge < -0.3 is 14.2 Å². The van der Waals surface area contributed by atoms with Gasteiger partial charge in [-0.15, -0.1) is 0 Å². The normalized spacial score (nSPS) is 12.2. The molecule has 0 saturated heterocycles. The van der Waals surface area contributed by atoms with E-state index in [1.807, 2.05) is 76.2 Å². The van der Waals surface area contributed by atoms with E-state index in [4.69, 9.17) is 14.2 Å². The molecule has 0 aliphatic rings. The van der Waals surface area contributed by atoms with Gasteiger partial charge in [0, 0.05) is 22.8 Å². The van der Waals surface area contributed by atoms with Gasteiger partial charge in [-0.25, -0.2) is 0 Å². The second-order valence-corrected chi connectivity index (χ2v) is 6.81. The van der Waals surface area contributed by atoms with Gasteiger partial charge in [-0.05, 0) is 44.9 Å². The molecule has 2 aromatic carbocycles. The molecule has 0 bridgehead atoms. The molecule has 0 aliphatic carbocycles. The van der Waals surface area contributed by atoms with Gasteiger partial charge >= 0.3 is 0 Å². The highest BCUT2D eigenvalue weighted by Gasteiger charge is 2.10. The van der Waals surface area contributed by atoms with E-state index in [-0.39, 0.29) is 0 Å². The van der Waals surface area contributed by atoms with E-state index in [1.54, 1.807) is 0 Å². The van der Waals surface area contributed by atoms with Crippen molar-refractivity contribution >= 4 is 11.4 Å². The van der Waals surface area contributed by atoms with Crippen molar-refractivity contribution in [2.75, 3.05) is 7.11 Å². The van der Waals surface area contributed by atoms with Crippen molar-refractivity contribution in [3.63, 3.8) is 0 Å². The van der Waals surface area contributed by atoms with Gasteiger partial charge in [-0.3, -0.25) is 0 Å². The monoisotopic (exact) mass is 391 g/mol. The molecule has 6 nitrogen and oxygen atoms in total. The number of rotatable bonds is 7. The lowest BCUT2D eigenvalue weighted by Gasteiger charge is -2.11. The summed E-state index contributed by atoms with van der Waals surface area (Å²) in [5.74, 6) is 0.778. The molecule has 3 rings (SSSR count). The molecule has 6 heteroatoms. The summed E-state index contributed by atoms with van der Waals surface area (Å²) < 4.78 is 5.17. The van der Waals surface area contributed by atoms with Crippen LogP contribution < -0.4 is 0 Å². The minimum atomic E-state index is 0.345. The zero-order valence-corrected chi connectivity index (χ0v) is 17.4. The highest BCUT2D eigenvalue weighted by molar-refractivity contribution is 6.00. The Morgan fingerprint density at radius 2 is 1.79 bits per heavy atom. The summed E-state index contributed by atoms with van der Waals surface area (Å²) in [5, 5.41) is 12.4. The van der Waals surface area contributed by atoms with Crippen LogP contribution >= 0.6 is 0 Å². The van der Waals surface area contributed by atoms with E-state index < -0.39 is 0 Å². The fraction of sp³-hybridized carbons (Fsp3) is 0.261. The minimum absolute atomic E-state index is 0.345. The zero-order valence-electron chi connectivity index (χ0n) is 17.4. The molecule has 1 aromatic heterocycles. The summed E-state index contributed by atoms with van der Waals surface area (Å²) in [4.78, 5) is 10.6. The molecule has 0 saturated carbocycles. The minimum Gasteiger partial charge on any atom is -0.399 e. The number of benzene rings is 2. The Labute approximate surface area is 170 Å². The number of aromatic nitrogens is 1. The summed E-state index contributed by atoms with van der Waals surface area (Å²) in [6, 6.07) is 15.9. The zero-order chi connectivity index (χ0) is 20.8. The van der Waals surface area contributed by atoms with Crippen LogP contribution in [0.25, 0.3) is 11.3 Å². The van der Waals surface area contributed by atoms with E-state index in [9.17, 15) is 0 Å². The third-order valence-electron chi connectivity index (χ3n) is 4.64. The standard InChI is InChI=1S/C23H25N3O3/c1-15-8-6-11-21(18(4)24-27-5)22(15)14-28-25-17(3)19-9-7-10-20(13-19)23-12-16(2)29-26-23/h6-13H,14H2,1-5H3/b24-18-,25-17+. The van der Waals surface area contributed by atoms with Crippen molar-refractivity contribution < 1.29 is 14.2 Å². The Morgan fingerprint density at radius 1 is 1.00 bits per heavy atom. The Hall–Kier alpha value is -3.41. The average Bonchev–Trinajstić information content (AvgIpc) is 3.15. The van der Waals surface area contributed by atoms with Crippen LogP contribution in [-0.4, -0.2) is 23.7 Å². The molecular weight excluding hydrogens is 366 g/mol. The number of hydrogen-bond acceptors (Lipinski definition) is 6. The van der Waals surface area contributed by atoms with Crippen LogP contribution in [0.2, 0.25) is 0 Å². The third-order valence-corrected chi connectivity index (χ3v) is 4.64. The smallest absolute Gasteiger partial charge is 0.143 e.